The fourth-order valence-electron chi connectivity index (χ4n) is 16.7. The summed E-state index contributed by atoms with van der Waals surface area (Å²) in [6.07, 6.45) is 0. The van der Waals surface area contributed by atoms with Crippen molar-refractivity contribution in [1.82, 2.24) is 39.9 Å². The van der Waals surface area contributed by atoms with E-state index in [1.807, 2.05) is 24.3 Å². The molecule has 8 heterocycles. The van der Waals surface area contributed by atoms with E-state index >= 15 is 0 Å². The fourth-order valence-corrected chi connectivity index (χ4v) is 16.7. The molecule has 16 heteroatoms. The van der Waals surface area contributed by atoms with Crippen LogP contribution in [-0.2, 0) is 42.0 Å². The summed E-state index contributed by atoms with van der Waals surface area (Å²) >= 11 is 0. The zero-order valence-corrected chi connectivity index (χ0v) is 78.0. The second-order valence-corrected chi connectivity index (χ2v) is 41.1. The number of nitrogens with one attached hydrogen (secondary N) is 6. The molecule has 0 bridgehead atoms. The predicted molar refractivity (Wildman–Crippen MR) is 528 cm³/mol. The lowest BCUT2D eigenvalue weighted by atomic mass is 9.85. The molecule has 0 aliphatic carbocycles. The Balaban J connectivity index is 0.00000630. The number of nitrogens with zero attached hydrogens (tertiary/aromatic N) is 2. The van der Waals surface area contributed by atoms with E-state index in [4.69, 9.17) is 28.9 Å². The number of benzene rings is 9. The van der Waals surface area contributed by atoms with Crippen LogP contribution < -0.4 is 9.47 Å². The molecule has 0 unspecified atom stereocenters. The molecular weight excluding hydrogens is 1590 g/mol. The molecule has 0 amide bonds. The smallest absolute Gasteiger partial charge is 0.125 e. The molecule has 17 rings (SSSR count). The molecule has 0 aliphatic heterocycles. The monoisotopic (exact) mass is 1700 g/mol. The van der Waals surface area contributed by atoms with Gasteiger partial charge in [-0.3, -0.25) is 0 Å². The van der Waals surface area contributed by atoms with Crippen molar-refractivity contribution in [3.63, 3.8) is 0 Å². The number of hydrogen-bond acceptors (Lipinski definition) is 8. The summed E-state index contributed by atoms with van der Waals surface area (Å²) in [4.78, 5) is 33.6. The molecule has 650 valence electrons. The maximum Gasteiger partial charge on any atom is 0.125 e. The molecule has 0 atom stereocenters. The van der Waals surface area contributed by atoms with Crippen molar-refractivity contribution < 1.29 is 40.1 Å². The van der Waals surface area contributed by atoms with Crippen molar-refractivity contribution in [2.75, 3.05) is 40.6 Å². The minimum absolute atomic E-state index is 0. The van der Waals surface area contributed by atoms with Crippen LogP contribution in [-0.4, -0.2) is 113 Å². The highest BCUT2D eigenvalue weighted by atomic mass is 16.5. The second-order valence-electron chi connectivity index (χ2n) is 41.1. The van der Waals surface area contributed by atoms with Gasteiger partial charge in [0.1, 0.15) is 58.7 Å². The van der Waals surface area contributed by atoms with E-state index < -0.39 is 11.2 Å². The number of pyridine rings is 2. The third kappa shape index (κ3) is 17.5. The van der Waals surface area contributed by atoms with Gasteiger partial charge in [0.2, 0.25) is 0 Å². The summed E-state index contributed by atoms with van der Waals surface area (Å²) in [7, 11) is 3.32. The lowest BCUT2D eigenvalue weighted by Gasteiger charge is -2.20. The van der Waals surface area contributed by atoms with Gasteiger partial charge in [-0.15, -0.1) is 0 Å². The third-order valence-corrected chi connectivity index (χ3v) is 23.9. The Kier molecular flexibility index (Phi) is 22.8. The van der Waals surface area contributed by atoms with Crippen molar-refractivity contribution in [2.24, 2.45) is 0 Å². The molecule has 0 radical (unpaired) electrons. The Morgan fingerprint density at radius 3 is 0.602 bits per heavy atom. The molecule has 0 saturated carbocycles. The first kappa shape index (κ1) is 89.6. The fraction of sp³-hybridized carbons (Fsp3) is 0.321. The van der Waals surface area contributed by atoms with Gasteiger partial charge in [0.25, 0.3) is 0 Å². The van der Waals surface area contributed by atoms with Gasteiger partial charge in [0.05, 0.1) is 79.4 Å². The van der Waals surface area contributed by atoms with Crippen molar-refractivity contribution in [3.05, 3.63) is 223 Å². The predicted octanol–water partition coefficient (Wildman–Crippen LogP) is 22.3. The van der Waals surface area contributed by atoms with Crippen molar-refractivity contribution >= 4 is 131 Å². The average molecular weight is 1700 g/mol. The van der Waals surface area contributed by atoms with Crippen molar-refractivity contribution in [3.8, 4) is 82.5 Å². The molecule has 0 fully saturated rings. The Labute approximate surface area is 748 Å². The summed E-state index contributed by atoms with van der Waals surface area (Å²) in [5, 5.41) is 34.3. The summed E-state index contributed by atoms with van der Waals surface area (Å²) in [5.41, 5.74) is 21.5. The standard InChI is InChI=1S/C112H110N8O6.2H2O/c1-105(2,3)69-47-63(25-29-75-59-79(125-45-43-123-23)61-77(113-75)31-27-65-49-71(107(7,8)9)55-89-83-35-37-85-91-57-73(109(13,14)15)51-67(39-41-111(19,20)121)97(91)119-103(85)101(83)117-95(65)89)93-87(53-69)81-33-34-82-88-54-70(106(4,5)6)48-64(94(88)116-100(82)99(81)115-93)26-30-76-60-80(126-46-44-124-24)62-78(114-76)32-28-66-50-72(108(10,11)12)56-90-84-36-38-86-92-58-74(110(16,17)18)52-68(40-42-112(21,22)122)98(92)120-104(86)102(84)118-96(66)90;;/h33-38,47-62,115-122H,43-46H2,1-24H3;2*1H2. The highest BCUT2D eigenvalue weighted by molar-refractivity contribution is 6.26. The van der Waals surface area contributed by atoms with Crippen LogP contribution in [0, 0.1) is 71.0 Å². The molecule has 8 aromatic heterocycles. The second kappa shape index (κ2) is 32.6. The molecule has 0 spiro atoms. The average Bonchev–Trinajstić information content (AvgIpc) is 1.57. The number of aliphatic hydroxyl groups is 2. The molecule has 17 aromatic rings. The Morgan fingerprint density at radius 1 is 0.242 bits per heavy atom. The summed E-state index contributed by atoms with van der Waals surface area (Å²) in [6.45, 7) is 48.3. The van der Waals surface area contributed by atoms with Crippen LogP contribution in [0.5, 0.6) is 11.5 Å². The van der Waals surface area contributed by atoms with Crippen LogP contribution in [0.1, 0.15) is 242 Å². The SMILES string of the molecule is COCCOc1cc(C#Cc2cc(C(C)(C)C)cc3c2[nH]c2c3ccc3c4cc(C(C)(C)C)cc(C#Cc5cc(OCCOC)cc(C#Cc6cc(C(C)(C)C)cc7c6[nH]c6c7ccc7c8cc(C(C)(C)C)cc(C#CC(C)(C)O)c8[nH]c76)n5)c4[nH]c32)nc(C#Cc2cc(C(C)(C)C)cc3c2[nH]c2c3ccc3c4cc(C(C)(C)C)cc(C#CC(C)(C)O)c4[nH]c32)c1.O.O. The topological polar surface area (TPSA) is 261 Å². The van der Waals surface area contributed by atoms with E-state index in [-0.39, 0.29) is 43.4 Å². The van der Waals surface area contributed by atoms with Crippen LogP contribution in [0.2, 0.25) is 0 Å². The minimum Gasteiger partial charge on any atom is -0.491 e. The maximum absolute atomic E-state index is 10.8. The number of fused-ring (bicyclic) bond motifs is 21. The summed E-state index contributed by atoms with van der Waals surface area (Å²) in [6, 6.07) is 47.7. The van der Waals surface area contributed by atoms with Gasteiger partial charge >= 0.3 is 0 Å². The van der Waals surface area contributed by atoms with E-state index in [0.29, 0.717) is 60.7 Å². The van der Waals surface area contributed by atoms with Gasteiger partial charge in [-0.1, -0.05) is 208 Å². The highest BCUT2D eigenvalue weighted by Gasteiger charge is 2.29. The van der Waals surface area contributed by atoms with E-state index in [1.165, 1.54) is 0 Å². The number of hydrogen-bond donors (Lipinski definition) is 8. The molecule has 0 aliphatic rings. The third-order valence-electron chi connectivity index (χ3n) is 23.9. The van der Waals surface area contributed by atoms with E-state index in [0.717, 1.165) is 198 Å². The van der Waals surface area contributed by atoms with Crippen molar-refractivity contribution in [2.45, 2.75) is 196 Å². The van der Waals surface area contributed by atoms with Gasteiger partial charge in [0, 0.05) is 137 Å². The molecule has 0 saturated heterocycles. The molecule has 9 aromatic carbocycles. The van der Waals surface area contributed by atoms with Gasteiger partial charge in [-0.05, 0) is 190 Å². The number of ether oxygens (including phenoxy) is 4. The van der Waals surface area contributed by atoms with Crippen molar-refractivity contribution in [1.29, 1.82) is 0 Å². The summed E-state index contributed by atoms with van der Waals surface area (Å²) < 4.78 is 23.7. The number of rotatable bonds is 8. The van der Waals surface area contributed by atoms with E-state index in [1.54, 1.807) is 41.9 Å². The van der Waals surface area contributed by atoms with E-state index in [2.05, 4.69) is 335 Å². The lowest BCUT2D eigenvalue weighted by Crippen LogP contribution is -2.14. The number of H-pyrrole nitrogens is 6. The first-order valence-corrected chi connectivity index (χ1v) is 43.4. The van der Waals surface area contributed by atoms with Crippen LogP contribution in [0.15, 0.2) is 133 Å². The Bertz CT molecular complexity index is 7410. The largest absolute Gasteiger partial charge is 0.491 e. The van der Waals surface area contributed by atoms with Crippen LogP contribution in [0.3, 0.4) is 0 Å². The van der Waals surface area contributed by atoms with E-state index in [9.17, 15) is 10.2 Å². The number of methoxy groups -OCH3 is 2. The van der Waals surface area contributed by atoms with Crippen LogP contribution in [0.4, 0.5) is 0 Å². The number of aromatic nitrogens is 8. The quantitative estimate of drug-likeness (QED) is 0.0534. The number of aromatic amines is 6. The highest BCUT2D eigenvalue weighted by Crippen LogP contribution is 2.46. The van der Waals surface area contributed by atoms with Crippen LogP contribution in [0.25, 0.3) is 131 Å². The van der Waals surface area contributed by atoms with Gasteiger partial charge < -0.3 is 70.0 Å². The van der Waals surface area contributed by atoms with Gasteiger partial charge in [0.15, 0.2) is 0 Å². The normalized spacial score (nSPS) is 12.5. The first-order chi connectivity index (χ1) is 59.3. The molecule has 12 N–H and O–H groups in total. The zero-order valence-electron chi connectivity index (χ0n) is 78.0. The lowest BCUT2D eigenvalue weighted by molar-refractivity contribution is 0.143. The minimum atomic E-state index is -1.17. The zero-order chi connectivity index (χ0) is 89.6. The van der Waals surface area contributed by atoms with Gasteiger partial charge in [-0.2, -0.15) is 0 Å². The van der Waals surface area contributed by atoms with Crippen LogP contribution >= 0.6 is 0 Å². The molecule has 128 heavy (non-hydrogen) atoms. The molecule has 16 nitrogen and oxygen atoms in total. The first-order valence-electron chi connectivity index (χ1n) is 43.4. The molecular formula is C112H114N8O8. The Hall–Kier alpha value is -13.2. The maximum atomic E-state index is 10.8. The Morgan fingerprint density at radius 2 is 0.430 bits per heavy atom. The van der Waals surface area contributed by atoms with Gasteiger partial charge in [-0.25, -0.2) is 9.97 Å². The summed E-state index contributed by atoms with van der Waals surface area (Å²) in [5.74, 6) is 42.5.